The standard InChI is InChI=1S/C9H9ClN2O4/c1-3-16-9(13)5-4-11-8(15-2)7(12-14)6(5)10/h4H,3H2,1-2H3. The van der Waals surface area contributed by atoms with Crippen molar-refractivity contribution in [1.82, 2.24) is 4.98 Å². The third kappa shape index (κ3) is 2.27. The molecule has 0 aliphatic heterocycles. The van der Waals surface area contributed by atoms with Crippen LogP contribution >= 0.6 is 11.6 Å². The number of pyridine rings is 1. The molecule has 0 saturated carbocycles. The number of methoxy groups -OCH3 is 1. The molecule has 0 N–H and O–H groups in total. The predicted octanol–water partition coefficient (Wildman–Crippen LogP) is 2.32. The molecular formula is C9H9ClN2O4. The van der Waals surface area contributed by atoms with Crippen molar-refractivity contribution in [1.29, 1.82) is 0 Å². The van der Waals surface area contributed by atoms with Crippen LogP contribution < -0.4 is 4.74 Å². The second-order valence-corrected chi connectivity index (χ2v) is 3.03. The number of ether oxygens (including phenoxy) is 2. The molecule has 86 valence electrons. The first-order valence-electron chi connectivity index (χ1n) is 4.38. The minimum absolute atomic E-state index is 0.0149. The van der Waals surface area contributed by atoms with Gasteiger partial charge in [-0.1, -0.05) is 11.6 Å². The molecule has 0 aromatic carbocycles. The Morgan fingerprint density at radius 3 is 2.81 bits per heavy atom. The van der Waals surface area contributed by atoms with E-state index < -0.39 is 5.97 Å². The van der Waals surface area contributed by atoms with Crippen molar-refractivity contribution in [2.75, 3.05) is 13.7 Å². The summed E-state index contributed by atoms with van der Waals surface area (Å²) in [5.74, 6) is -0.694. The van der Waals surface area contributed by atoms with Crippen LogP contribution in [0.5, 0.6) is 5.88 Å². The first kappa shape index (κ1) is 12.4. The fourth-order valence-corrected chi connectivity index (χ4v) is 1.28. The van der Waals surface area contributed by atoms with E-state index in [1.165, 1.54) is 13.3 Å². The number of hydrogen-bond donors (Lipinski definition) is 0. The van der Waals surface area contributed by atoms with E-state index in [2.05, 4.69) is 10.2 Å². The second kappa shape index (κ2) is 5.41. The van der Waals surface area contributed by atoms with Gasteiger partial charge in [0.15, 0.2) is 5.69 Å². The van der Waals surface area contributed by atoms with Crippen LogP contribution in [0.4, 0.5) is 5.69 Å². The van der Waals surface area contributed by atoms with Crippen molar-refractivity contribution in [3.05, 3.63) is 21.7 Å². The molecule has 6 nitrogen and oxygen atoms in total. The van der Waals surface area contributed by atoms with Crippen molar-refractivity contribution in [3.8, 4) is 5.88 Å². The molecule has 0 aliphatic carbocycles. The highest BCUT2D eigenvalue weighted by Gasteiger charge is 2.20. The topological polar surface area (TPSA) is 77.8 Å². The van der Waals surface area contributed by atoms with Crippen LogP contribution in [0.15, 0.2) is 11.4 Å². The smallest absolute Gasteiger partial charge is 0.341 e. The van der Waals surface area contributed by atoms with E-state index in [1.807, 2.05) is 0 Å². The normalized spacial score (nSPS) is 9.69. The largest absolute Gasteiger partial charge is 0.479 e. The second-order valence-electron chi connectivity index (χ2n) is 2.66. The molecule has 0 aliphatic rings. The van der Waals surface area contributed by atoms with Gasteiger partial charge in [0.25, 0.3) is 0 Å². The Hall–Kier alpha value is -1.69. The van der Waals surface area contributed by atoms with Gasteiger partial charge in [0, 0.05) is 6.20 Å². The van der Waals surface area contributed by atoms with Crippen molar-refractivity contribution in [2.24, 2.45) is 5.18 Å². The van der Waals surface area contributed by atoms with Gasteiger partial charge in [-0.05, 0) is 12.1 Å². The summed E-state index contributed by atoms with van der Waals surface area (Å²) in [6.45, 7) is 1.85. The maximum Gasteiger partial charge on any atom is 0.341 e. The van der Waals surface area contributed by atoms with Gasteiger partial charge in [-0.2, -0.15) is 0 Å². The Bertz CT molecular complexity index is 422. The molecule has 1 aromatic heterocycles. The average molecular weight is 245 g/mol. The lowest BCUT2D eigenvalue weighted by atomic mass is 10.2. The van der Waals surface area contributed by atoms with Gasteiger partial charge in [-0.25, -0.2) is 9.78 Å². The van der Waals surface area contributed by atoms with Crippen molar-refractivity contribution in [3.63, 3.8) is 0 Å². The van der Waals surface area contributed by atoms with Gasteiger partial charge in [-0.15, -0.1) is 4.91 Å². The number of nitroso groups, excluding NO2 is 1. The summed E-state index contributed by atoms with van der Waals surface area (Å²) < 4.78 is 9.50. The molecule has 0 fully saturated rings. The van der Waals surface area contributed by atoms with E-state index in [0.29, 0.717) is 0 Å². The Labute approximate surface area is 96.5 Å². The Morgan fingerprint density at radius 1 is 1.62 bits per heavy atom. The maximum absolute atomic E-state index is 11.4. The molecule has 16 heavy (non-hydrogen) atoms. The number of aromatic nitrogens is 1. The third-order valence-corrected chi connectivity index (χ3v) is 2.12. The van der Waals surface area contributed by atoms with Crippen molar-refractivity contribution < 1.29 is 14.3 Å². The fourth-order valence-electron chi connectivity index (χ4n) is 1.04. The summed E-state index contributed by atoms with van der Waals surface area (Å²) in [6.07, 6.45) is 1.17. The number of carbonyl (C=O) groups excluding carboxylic acids is 1. The molecule has 1 heterocycles. The molecule has 0 amide bonds. The molecule has 0 unspecified atom stereocenters. The van der Waals surface area contributed by atoms with E-state index in [4.69, 9.17) is 21.1 Å². The zero-order valence-electron chi connectivity index (χ0n) is 8.69. The minimum atomic E-state index is -0.660. The van der Waals surface area contributed by atoms with Gasteiger partial charge in [0.2, 0.25) is 5.88 Å². The molecule has 0 atom stereocenters. The Morgan fingerprint density at radius 2 is 2.31 bits per heavy atom. The van der Waals surface area contributed by atoms with Crippen LogP contribution in [0.2, 0.25) is 5.02 Å². The minimum Gasteiger partial charge on any atom is -0.479 e. The Balaban J connectivity index is 3.23. The van der Waals surface area contributed by atoms with Crippen LogP contribution in [0.1, 0.15) is 17.3 Å². The van der Waals surface area contributed by atoms with E-state index >= 15 is 0 Å². The van der Waals surface area contributed by atoms with Crippen LogP contribution in [-0.2, 0) is 4.74 Å². The van der Waals surface area contributed by atoms with Crippen LogP contribution in [0.3, 0.4) is 0 Å². The number of esters is 1. The number of nitrogens with zero attached hydrogens (tertiary/aromatic N) is 2. The average Bonchev–Trinajstić information content (AvgIpc) is 2.28. The van der Waals surface area contributed by atoms with E-state index in [0.717, 1.165) is 0 Å². The van der Waals surface area contributed by atoms with Crippen molar-refractivity contribution in [2.45, 2.75) is 6.92 Å². The van der Waals surface area contributed by atoms with Crippen LogP contribution in [0.25, 0.3) is 0 Å². The number of carbonyl (C=O) groups is 1. The van der Waals surface area contributed by atoms with Gasteiger partial charge in [0.1, 0.15) is 0 Å². The number of halogens is 1. The number of hydrogen-bond acceptors (Lipinski definition) is 6. The fraction of sp³-hybridized carbons (Fsp3) is 0.333. The summed E-state index contributed by atoms with van der Waals surface area (Å²) >= 11 is 5.81. The molecule has 7 heteroatoms. The van der Waals surface area contributed by atoms with Crippen LogP contribution in [0, 0.1) is 4.91 Å². The highest BCUT2D eigenvalue weighted by molar-refractivity contribution is 6.36. The molecule has 0 bridgehead atoms. The first-order chi connectivity index (χ1) is 7.65. The highest BCUT2D eigenvalue weighted by atomic mass is 35.5. The summed E-state index contributed by atoms with van der Waals surface area (Å²) in [4.78, 5) is 25.7. The summed E-state index contributed by atoms with van der Waals surface area (Å²) in [6, 6.07) is 0. The van der Waals surface area contributed by atoms with Gasteiger partial charge < -0.3 is 9.47 Å². The zero-order valence-corrected chi connectivity index (χ0v) is 9.45. The van der Waals surface area contributed by atoms with Crippen molar-refractivity contribution >= 4 is 23.3 Å². The summed E-state index contributed by atoms with van der Waals surface area (Å²) in [5.41, 5.74) is -0.228. The number of rotatable bonds is 4. The quantitative estimate of drug-likeness (QED) is 0.600. The molecule has 1 aromatic rings. The van der Waals surface area contributed by atoms with Gasteiger partial charge in [-0.3, -0.25) is 0 Å². The SMILES string of the molecule is CCOC(=O)c1cnc(OC)c(N=O)c1Cl. The lowest BCUT2D eigenvalue weighted by molar-refractivity contribution is 0.0526. The van der Waals surface area contributed by atoms with Gasteiger partial charge in [0.05, 0.1) is 24.3 Å². The molecule has 1 rings (SSSR count). The predicted molar refractivity (Wildman–Crippen MR) is 57.2 cm³/mol. The van der Waals surface area contributed by atoms with E-state index in [1.54, 1.807) is 6.92 Å². The third-order valence-electron chi connectivity index (χ3n) is 1.74. The molecular weight excluding hydrogens is 236 g/mol. The lowest BCUT2D eigenvalue weighted by Gasteiger charge is -2.07. The monoisotopic (exact) mass is 244 g/mol. The first-order valence-corrected chi connectivity index (χ1v) is 4.76. The van der Waals surface area contributed by atoms with E-state index in [9.17, 15) is 9.70 Å². The maximum atomic E-state index is 11.4. The van der Waals surface area contributed by atoms with Crippen LogP contribution in [-0.4, -0.2) is 24.7 Å². The van der Waals surface area contributed by atoms with E-state index in [-0.39, 0.29) is 28.8 Å². The van der Waals surface area contributed by atoms with Gasteiger partial charge >= 0.3 is 5.97 Å². The molecule has 0 radical (unpaired) electrons. The molecule has 0 saturated heterocycles. The lowest BCUT2D eigenvalue weighted by Crippen LogP contribution is -2.06. The summed E-state index contributed by atoms with van der Waals surface area (Å²) in [5, 5.41) is 2.54. The molecule has 0 spiro atoms. The highest BCUT2D eigenvalue weighted by Crippen LogP contribution is 2.35. The Kier molecular flexibility index (Phi) is 4.19. The zero-order chi connectivity index (χ0) is 12.1. The summed E-state index contributed by atoms with van der Waals surface area (Å²) in [7, 11) is 1.32.